The Bertz CT molecular complexity index is 399. The van der Waals surface area contributed by atoms with E-state index in [2.05, 4.69) is 35.2 Å². The molecule has 0 amide bonds. The summed E-state index contributed by atoms with van der Waals surface area (Å²) in [5, 5.41) is 0.711. The van der Waals surface area contributed by atoms with Crippen LogP contribution in [0.5, 0.6) is 0 Å². The lowest BCUT2D eigenvalue weighted by molar-refractivity contribution is 0.0117. The highest BCUT2D eigenvalue weighted by molar-refractivity contribution is 9.10. The monoisotopic (exact) mass is 334 g/mol. The molecule has 0 bridgehead atoms. The Morgan fingerprint density at radius 2 is 2.17 bits per heavy atom. The second-order valence-corrected chi connectivity index (χ2v) is 6.21. The third kappa shape index (κ3) is 4.52. The molecule has 0 heterocycles. The van der Waals surface area contributed by atoms with Crippen molar-refractivity contribution in [2.75, 3.05) is 7.11 Å². The fourth-order valence-electron chi connectivity index (χ4n) is 1.71. The summed E-state index contributed by atoms with van der Waals surface area (Å²) in [4.78, 5) is 0. The van der Waals surface area contributed by atoms with Gasteiger partial charge in [-0.25, -0.2) is 0 Å². The van der Waals surface area contributed by atoms with Gasteiger partial charge in [-0.15, -0.1) is 0 Å². The van der Waals surface area contributed by atoms with Crippen LogP contribution in [0, 0.1) is 0 Å². The van der Waals surface area contributed by atoms with E-state index in [1.165, 1.54) is 0 Å². The first-order chi connectivity index (χ1) is 8.39. The van der Waals surface area contributed by atoms with E-state index in [0.29, 0.717) is 5.02 Å². The predicted molar refractivity (Wildman–Crippen MR) is 79.5 cm³/mol. The summed E-state index contributed by atoms with van der Waals surface area (Å²) in [6.07, 6.45) is 1.75. The molecule has 0 fully saturated rings. The summed E-state index contributed by atoms with van der Waals surface area (Å²) >= 11 is 9.62. The van der Waals surface area contributed by atoms with Crippen molar-refractivity contribution >= 4 is 27.5 Å². The molecular weight excluding hydrogens is 316 g/mol. The smallest absolute Gasteiger partial charge is 0.0623 e. The number of hydrogen-bond acceptors (Lipinski definition) is 3. The minimum Gasteiger partial charge on any atom is -0.379 e. The van der Waals surface area contributed by atoms with Gasteiger partial charge in [-0.3, -0.25) is 11.3 Å². The standard InChI is InChI=1S/C13H20BrClN2O/c1-13(2,18-3)7-6-12(17-16)10-5-4-9(14)8-11(10)15/h4-5,8,12,17H,6-7,16H2,1-3H3. The Balaban J connectivity index is 2.77. The Morgan fingerprint density at radius 1 is 1.50 bits per heavy atom. The maximum Gasteiger partial charge on any atom is 0.0623 e. The van der Waals surface area contributed by atoms with Crippen molar-refractivity contribution in [3.63, 3.8) is 0 Å². The van der Waals surface area contributed by atoms with Gasteiger partial charge in [-0.05, 0) is 44.4 Å². The van der Waals surface area contributed by atoms with E-state index >= 15 is 0 Å². The summed E-state index contributed by atoms with van der Waals surface area (Å²) in [7, 11) is 1.72. The van der Waals surface area contributed by atoms with Crippen LogP contribution in [0.1, 0.15) is 38.3 Å². The Labute approximate surface area is 122 Å². The topological polar surface area (TPSA) is 47.3 Å². The molecule has 0 radical (unpaired) electrons. The summed E-state index contributed by atoms with van der Waals surface area (Å²) in [6.45, 7) is 4.12. The van der Waals surface area contributed by atoms with Crippen LogP contribution in [0.15, 0.2) is 22.7 Å². The highest BCUT2D eigenvalue weighted by Crippen LogP contribution is 2.30. The second kappa shape index (κ2) is 6.87. The van der Waals surface area contributed by atoms with Crippen molar-refractivity contribution in [1.29, 1.82) is 0 Å². The number of methoxy groups -OCH3 is 1. The zero-order valence-electron chi connectivity index (χ0n) is 11.0. The molecule has 1 unspecified atom stereocenters. The number of hydrogen-bond donors (Lipinski definition) is 2. The molecule has 1 rings (SSSR count). The number of nitrogens with two attached hydrogens (primary N) is 1. The molecule has 3 nitrogen and oxygen atoms in total. The lowest BCUT2D eigenvalue weighted by atomic mass is 9.95. The SMILES string of the molecule is COC(C)(C)CCC(NN)c1ccc(Br)cc1Cl. The molecule has 1 atom stereocenters. The normalized spacial score (nSPS) is 13.7. The van der Waals surface area contributed by atoms with E-state index < -0.39 is 0 Å². The first kappa shape index (κ1) is 15.9. The van der Waals surface area contributed by atoms with Gasteiger partial charge in [0, 0.05) is 22.6 Å². The molecule has 1 aromatic carbocycles. The maximum absolute atomic E-state index is 6.23. The van der Waals surface area contributed by atoms with E-state index in [-0.39, 0.29) is 11.6 Å². The van der Waals surface area contributed by atoms with Gasteiger partial charge < -0.3 is 4.74 Å². The van der Waals surface area contributed by atoms with Crippen LogP contribution in [0.3, 0.4) is 0 Å². The second-order valence-electron chi connectivity index (χ2n) is 4.89. The van der Waals surface area contributed by atoms with Gasteiger partial charge in [0.2, 0.25) is 0 Å². The maximum atomic E-state index is 6.23. The summed E-state index contributed by atoms with van der Waals surface area (Å²) in [5.74, 6) is 5.62. The number of benzene rings is 1. The molecule has 0 aromatic heterocycles. The van der Waals surface area contributed by atoms with Crippen LogP contribution in [0.25, 0.3) is 0 Å². The van der Waals surface area contributed by atoms with Crippen molar-refractivity contribution in [2.24, 2.45) is 5.84 Å². The summed E-state index contributed by atoms with van der Waals surface area (Å²) in [6, 6.07) is 5.85. The van der Waals surface area contributed by atoms with Crippen LogP contribution >= 0.6 is 27.5 Å². The fourth-order valence-corrected chi connectivity index (χ4v) is 2.51. The fraction of sp³-hybridized carbons (Fsp3) is 0.538. The molecule has 5 heteroatoms. The lowest BCUT2D eigenvalue weighted by Gasteiger charge is -2.26. The Morgan fingerprint density at radius 3 is 2.67 bits per heavy atom. The zero-order valence-corrected chi connectivity index (χ0v) is 13.3. The van der Waals surface area contributed by atoms with E-state index in [1.807, 2.05) is 18.2 Å². The van der Waals surface area contributed by atoms with Crippen molar-refractivity contribution < 1.29 is 4.74 Å². The number of halogens is 2. The van der Waals surface area contributed by atoms with Crippen molar-refractivity contribution in [3.05, 3.63) is 33.3 Å². The van der Waals surface area contributed by atoms with Crippen molar-refractivity contribution in [2.45, 2.75) is 38.3 Å². The van der Waals surface area contributed by atoms with Crippen molar-refractivity contribution in [1.82, 2.24) is 5.43 Å². The molecule has 1 aromatic rings. The van der Waals surface area contributed by atoms with Crippen LogP contribution < -0.4 is 11.3 Å². The van der Waals surface area contributed by atoms with Gasteiger partial charge in [0.05, 0.1) is 5.60 Å². The van der Waals surface area contributed by atoms with E-state index in [4.69, 9.17) is 22.2 Å². The van der Waals surface area contributed by atoms with Crippen LogP contribution in [-0.4, -0.2) is 12.7 Å². The molecule has 0 aliphatic carbocycles. The molecular formula is C13H20BrClN2O. The first-order valence-electron chi connectivity index (χ1n) is 5.86. The quantitative estimate of drug-likeness (QED) is 0.614. The van der Waals surface area contributed by atoms with E-state index in [9.17, 15) is 0 Å². The van der Waals surface area contributed by atoms with E-state index in [0.717, 1.165) is 22.9 Å². The molecule has 3 N–H and O–H groups in total. The molecule has 0 aliphatic heterocycles. The van der Waals surface area contributed by atoms with Gasteiger partial charge in [0.25, 0.3) is 0 Å². The highest BCUT2D eigenvalue weighted by atomic mass is 79.9. The largest absolute Gasteiger partial charge is 0.379 e. The molecule has 0 spiro atoms. The average molecular weight is 336 g/mol. The summed E-state index contributed by atoms with van der Waals surface area (Å²) in [5.41, 5.74) is 3.67. The third-order valence-corrected chi connectivity index (χ3v) is 3.95. The molecule has 18 heavy (non-hydrogen) atoms. The molecule has 102 valence electrons. The molecule has 0 saturated heterocycles. The number of rotatable bonds is 6. The van der Waals surface area contributed by atoms with Gasteiger partial charge >= 0.3 is 0 Å². The van der Waals surface area contributed by atoms with Crippen LogP contribution in [0.4, 0.5) is 0 Å². The van der Waals surface area contributed by atoms with Crippen LogP contribution in [-0.2, 0) is 4.74 Å². The Kier molecular flexibility index (Phi) is 6.08. The summed E-state index contributed by atoms with van der Waals surface area (Å²) < 4.78 is 6.37. The number of ether oxygens (including phenoxy) is 1. The van der Waals surface area contributed by atoms with Crippen molar-refractivity contribution in [3.8, 4) is 0 Å². The minimum atomic E-state index is -0.156. The number of hydrazine groups is 1. The third-order valence-electron chi connectivity index (χ3n) is 3.13. The minimum absolute atomic E-state index is 0.0278. The van der Waals surface area contributed by atoms with Gasteiger partial charge in [0.15, 0.2) is 0 Å². The molecule has 0 saturated carbocycles. The zero-order chi connectivity index (χ0) is 13.8. The first-order valence-corrected chi connectivity index (χ1v) is 7.03. The Hall–Kier alpha value is -0.130. The molecule has 0 aliphatic rings. The van der Waals surface area contributed by atoms with Gasteiger partial charge in [-0.1, -0.05) is 33.6 Å². The van der Waals surface area contributed by atoms with Crippen LogP contribution in [0.2, 0.25) is 5.02 Å². The average Bonchev–Trinajstić information content (AvgIpc) is 2.32. The predicted octanol–water partition coefficient (Wildman–Crippen LogP) is 3.81. The van der Waals surface area contributed by atoms with E-state index in [1.54, 1.807) is 7.11 Å². The van der Waals surface area contributed by atoms with Gasteiger partial charge in [-0.2, -0.15) is 0 Å². The number of nitrogens with one attached hydrogen (secondary N) is 1. The lowest BCUT2D eigenvalue weighted by Crippen LogP contribution is -2.31. The highest BCUT2D eigenvalue weighted by Gasteiger charge is 2.20. The van der Waals surface area contributed by atoms with Gasteiger partial charge in [0.1, 0.15) is 0 Å².